The summed E-state index contributed by atoms with van der Waals surface area (Å²) >= 11 is 3.51. The van der Waals surface area contributed by atoms with Crippen LogP contribution in [0.1, 0.15) is 0 Å². The molecule has 269 valence electrons. The van der Waals surface area contributed by atoms with Crippen LogP contribution in [0.3, 0.4) is 0 Å². The first kappa shape index (κ1) is 35.7. The molecule has 3 nitrogen and oxygen atoms in total. The number of thiophene rings is 2. The van der Waals surface area contributed by atoms with Gasteiger partial charge < -0.3 is 9.55 Å². The summed E-state index contributed by atoms with van der Waals surface area (Å²) in [5.41, 5.74) is 11.0. The molecular formula is C50H31IrN3S2-2. The molecule has 4 heterocycles. The quantitative estimate of drug-likeness (QED) is 0.161. The van der Waals surface area contributed by atoms with Gasteiger partial charge in [0, 0.05) is 52.2 Å². The molecule has 4 aromatic heterocycles. The smallest absolute Gasteiger partial charge is 0.0774 e. The van der Waals surface area contributed by atoms with E-state index in [1.807, 2.05) is 53.8 Å². The first-order valence-electron chi connectivity index (χ1n) is 18.1. The number of para-hydroxylation sites is 2. The minimum Gasteiger partial charge on any atom is -0.333 e. The Morgan fingerprint density at radius 1 is 0.518 bits per heavy atom. The predicted molar refractivity (Wildman–Crippen MR) is 233 cm³/mol. The van der Waals surface area contributed by atoms with Gasteiger partial charge in [0.05, 0.1) is 16.9 Å². The van der Waals surface area contributed by atoms with E-state index in [2.05, 4.69) is 161 Å². The summed E-state index contributed by atoms with van der Waals surface area (Å²) in [5.74, 6) is 0.913. The molecule has 11 aromatic rings. The molecular weight excluding hydrogens is 899 g/mol. The zero-order valence-electron chi connectivity index (χ0n) is 29.9. The van der Waals surface area contributed by atoms with Crippen LogP contribution < -0.4 is 0 Å². The largest absolute Gasteiger partial charge is 0.333 e. The zero-order chi connectivity index (χ0) is 36.6. The van der Waals surface area contributed by atoms with Crippen molar-refractivity contribution in [2.45, 2.75) is 0 Å². The van der Waals surface area contributed by atoms with E-state index in [9.17, 15) is 0 Å². The number of imidazole rings is 1. The molecule has 0 aliphatic carbocycles. The Morgan fingerprint density at radius 2 is 1.20 bits per heavy atom. The van der Waals surface area contributed by atoms with Crippen LogP contribution in [-0.2, 0) is 20.1 Å². The molecule has 7 aromatic carbocycles. The molecule has 0 saturated carbocycles. The number of hydrogen-bond donors (Lipinski definition) is 0. The van der Waals surface area contributed by atoms with E-state index in [0.29, 0.717) is 0 Å². The molecule has 0 N–H and O–H groups in total. The van der Waals surface area contributed by atoms with Crippen molar-refractivity contribution < 1.29 is 20.1 Å². The van der Waals surface area contributed by atoms with Crippen molar-refractivity contribution in [2.75, 3.05) is 0 Å². The van der Waals surface area contributed by atoms with Gasteiger partial charge in [0.15, 0.2) is 0 Å². The van der Waals surface area contributed by atoms with Crippen LogP contribution in [0.15, 0.2) is 188 Å². The van der Waals surface area contributed by atoms with Gasteiger partial charge in [-0.2, -0.15) is 0 Å². The first-order valence-corrected chi connectivity index (χ1v) is 19.8. The van der Waals surface area contributed by atoms with Crippen LogP contribution in [-0.4, -0.2) is 14.5 Å². The van der Waals surface area contributed by atoms with Crippen molar-refractivity contribution in [2.24, 2.45) is 0 Å². The minimum absolute atomic E-state index is 0. The molecule has 0 amide bonds. The van der Waals surface area contributed by atoms with Crippen LogP contribution in [0.4, 0.5) is 0 Å². The van der Waals surface area contributed by atoms with E-state index in [-0.39, 0.29) is 20.1 Å². The molecule has 0 unspecified atom stereocenters. The van der Waals surface area contributed by atoms with Crippen LogP contribution in [0.5, 0.6) is 0 Å². The van der Waals surface area contributed by atoms with Gasteiger partial charge in [0.25, 0.3) is 0 Å². The van der Waals surface area contributed by atoms with Gasteiger partial charge in [0.1, 0.15) is 0 Å². The third-order valence-electron chi connectivity index (χ3n) is 9.89. The van der Waals surface area contributed by atoms with E-state index in [0.717, 1.165) is 39.4 Å². The van der Waals surface area contributed by atoms with Gasteiger partial charge >= 0.3 is 0 Å². The number of hydrogen-bond acceptors (Lipinski definition) is 4. The topological polar surface area (TPSA) is 30.7 Å². The zero-order valence-corrected chi connectivity index (χ0v) is 33.9. The SMILES string of the molecule is [Ir].[c-]1ccccc1-c1ccccn1.[c-]1sc2ccc(-c3ccc4sc5ccccc5c4c3)cc2c1-c1nc2ccccc2n1-c1ccc(-c2ccccc2)cc1. The fraction of sp³-hybridized carbons (Fsp3) is 0. The average molecular weight is 930 g/mol. The van der Waals surface area contributed by atoms with E-state index in [1.54, 1.807) is 17.5 Å². The minimum atomic E-state index is 0. The predicted octanol–water partition coefficient (Wildman–Crippen LogP) is 14.0. The van der Waals surface area contributed by atoms with E-state index >= 15 is 0 Å². The Hall–Kier alpha value is -6.01. The van der Waals surface area contributed by atoms with Crippen molar-refractivity contribution in [1.29, 1.82) is 0 Å². The Bertz CT molecular complexity index is 3040. The molecule has 0 fully saturated rings. The molecule has 6 heteroatoms. The average Bonchev–Trinajstić information content (AvgIpc) is 3.98. The molecule has 0 saturated heterocycles. The van der Waals surface area contributed by atoms with E-state index < -0.39 is 0 Å². The third kappa shape index (κ3) is 6.78. The molecule has 0 aliphatic rings. The van der Waals surface area contributed by atoms with Crippen molar-refractivity contribution >= 4 is 64.0 Å². The summed E-state index contributed by atoms with van der Waals surface area (Å²) in [4.78, 5) is 9.39. The maximum Gasteiger partial charge on any atom is 0.0774 e. The monoisotopic (exact) mass is 930 g/mol. The molecule has 56 heavy (non-hydrogen) atoms. The van der Waals surface area contributed by atoms with Crippen LogP contribution >= 0.6 is 22.7 Å². The summed E-state index contributed by atoms with van der Waals surface area (Å²) in [6.45, 7) is 0. The maximum absolute atomic E-state index is 5.17. The molecule has 0 aliphatic heterocycles. The number of aromatic nitrogens is 3. The number of pyridine rings is 1. The van der Waals surface area contributed by atoms with Crippen molar-refractivity contribution in [1.82, 2.24) is 14.5 Å². The molecule has 0 atom stereocenters. The van der Waals surface area contributed by atoms with Gasteiger partial charge in [0.2, 0.25) is 0 Å². The van der Waals surface area contributed by atoms with Gasteiger partial charge in [-0.3, -0.25) is 16.3 Å². The second-order valence-electron chi connectivity index (χ2n) is 13.3. The summed E-state index contributed by atoms with van der Waals surface area (Å²) in [6.07, 6.45) is 1.79. The summed E-state index contributed by atoms with van der Waals surface area (Å²) in [6, 6.07) is 66.8. The Kier molecular flexibility index (Phi) is 9.95. The summed E-state index contributed by atoms with van der Waals surface area (Å²) in [7, 11) is 0. The van der Waals surface area contributed by atoms with E-state index in [4.69, 9.17) is 4.98 Å². The number of nitrogens with zero attached hydrogens (tertiary/aromatic N) is 3. The summed E-state index contributed by atoms with van der Waals surface area (Å²) in [5, 5.41) is 7.44. The second kappa shape index (κ2) is 15.6. The van der Waals surface area contributed by atoms with Gasteiger partial charge in [-0.15, -0.1) is 52.6 Å². The summed E-state index contributed by atoms with van der Waals surface area (Å²) < 4.78 is 6.13. The first-order chi connectivity index (χ1) is 27.3. The normalized spacial score (nSPS) is 11.1. The number of benzene rings is 7. The molecule has 1 radical (unpaired) electrons. The third-order valence-corrected chi connectivity index (χ3v) is 11.9. The molecule has 0 spiro atoms. The van der Waals surface area contributed by atoms with Crippen molar-refractivity contribution in [3.63, 3.8) is 0 Å². The fourth-order valence-electron chi connectivity index (χ4n) is 7.19. The van der Waals surface area contributed by atoms with Crippen molar-refractivity contribution in [3.8, 4) is 50.6 Å². The van der Waals surface area contributed by atoms with Gasteiger partial charge in [-0.25, -0.2) is 0 Å². The second-order valence-corrected chi connectivity index (χ2v) is 15.2. The molecule has 0 bridgehead atoms. The maximum atomic E-state index is 5.17. The Morgan fingerprint density at radius 3 is 2.00 bits per heavy atom. The number of rotatable bonds is 5. The standard InChI is InChI=1S/C39H23N2S2.C11H8N.Ir/c1-2-8-25(9-3-1)26-14-18-29(19-15-26)41-35-12-6-5-11-34(35)40-39(41)33-24-42-36-20-16-27(23-32(33)36)28-17-21-38-31(22-28)30-10-4-7-13-37(30)43-38;1-2-6-10(7-3-1)11-8-4-5-9-12-11;/h1-23H;1-6,8-9H;/q2*-1;. The Labute approximate surface area is 346 Å². The fourth-order valence-corrected chi connectivity index (χ4v) is 9.10. The van der Waals surface area contributed by atoms with Gasteiger partial charge in [-0.1, -0.05) is 125 Å². The number of fused-ring (bicyclic) bond motifs is 5. The van der Waals surface area contributed by atoms with Crippen molar-refractivity contribution in [3.05, 3.63) is 200 Å². The van der Waals surface area contributed by atoms with E-state index in [1.165, 1.54) is 52.5 Å². The van der Waals surface area contributed by atoms with Crippen LogP contribution in [0.25, 0.3) is 91.9 Å². The Balaban J connectivity index is 0.000000270. The van der Waals surface area contributed by atoms with Crippen LogP contribution in [0, 0.1) is 11.4 Å². The van der Waals surface area contributed by atoms with Crippen LogP contribution in [0.2, 0.25) is 0 Å². The molecule has 11 rings (SSSR count). The van der Waals surface area contributed by atoms with Gasteiger partial charge in [-0.05, 0) is 76.5 Å².